The molecule has 2 aliphatic carbocycles. The van der Waals surface area contributed by atoms with Crippen LogP contribution in [0.2, 0.25) is 0 Å². The number of hydrogen-bond acceptors (Lipinski definition) is 6. The smallest absolute Gasteiger partial charge is 0.325 e. The molecule has 0 bridgehead atoms. The number of amides is 3. The molecule has 0 aromatic heterocycles. The molecule has 144 valence electrons. The molecule has 2 saturated carbocycles. The first-order chi connectivity index (χ1) is 13.6. The van der Waals surface area contributed by atoms with Crippen LogP contribution in [-0.4, -0.2) is 54.3 Å². The first-order valence-corrected chi connectivity index (χ1v) is 9.66. The van der Waals surface area contributed by atoms with E-state index in [2.05, 4.69) is 11.4 Å². The average molecular weight is 381 g/mol. The van der Waals surface area contributed by atoms with Gasteiger partial charge in [-0.15, -0.1) is 0 Å². The lowest BCUT2D eigenvalue weighted by Crippen LogP contribution is -2.63. The highest BCUT2D eigenvalue weighted by atomic mass is 16.5. The Morgan fingerprint density at radius 3 is 2.61 bits per heavy atom. The number of imide groups is 1. The van der Waals surface area contributed by atoms with Gasteiger partial charge in [0, 0.05) is 29.9 Å². The van der Waals surface area contributed by atoms with Crippen LogP contribution < -0.4 is 14.8 Å². The molecular formula is C20H19N3O5. The molecule has 6 rings (SSSR count). The van der Waals surface area contributed by atoms with E-state index in [1.807, 2.05) is 6.07 Å². The number of nitrogens with one attached hydrogen (secondary N) is 1. The van der Waals surface area contributed by atoms with Crippen molar-refractivity contribution in [2.24, 2.45) is 0 Å². The van der Waals surface area contributed by atoms with Crippen molar-refractivity contribution in [2.45, 2.75) is 48.8 Å². The molecule has 28 heavy (non-hydrogen) atoms. The van der Waals surface area contributed by atoms with E-state index in [4.69, 9.17) is 14.2 Å². The lowest BCUT2D eigenvalue weighted by atomic mass is 9.86. The van der Waals surface area contributed by atoms with Crippen LogP contribution in [0.1, 0.15) is 36.8 Å². The van der Waals surface area contributed by atoms with Gasteiger partial charge in [0.05, 0.1) is 25.4 Å². The Morgan fingerprint density at radius 1 is 1.21 bits per heavy atom. The SMILES string of the molecule is N#Cc1ccc2c(c1OC1CC(N3C(=O)NC4(COC4)C3=O)C1)C1(CC1)CO2. The summed E-state index contributed by atoms with van der Waals surface area (Å²) in [5.74, 6) is 1.23. The van der Waals surface area contributed by atoms with E-state index in [-0.39, 0.29) is 42.7 Å². The van der Waals surface area contributed by atoms with Crippen LogP contribution >= 0.6 is 0 Å². The van der Waals surface area contributed by atoms with Gasteiger partial charge >= 0.3 is 6.03 Å². The van der Waals surface area contributed by atoms with Crippen molar-refractivity contribution in [3.63, 3.8) is 0 Å². The van der Waals surface area contributed by atoms with Gasteiger partial charge in [-0.1, -0.05) is 0 Å². The minimum Gasteiger partial charge on any atom is -0.492 e. The van der Waals surface area contributed by atoms with Crippen LogP contribution in [0.4, 0.5) is 4.79 Å². The summed E-state index contributed by atoms with van der Waals surface area (Å²) in [7, 11) is 0. The second kappa shape index (κ2) is 5.17. The van der Waals surface area contributed by atoms with Crippen LogP contribution in [-0.2, 0) is 14.9 Å². The fourth-order valence-corrected chi connectivity index (χ4v) is 4.72. The number of nitriles is 1. The van der Waals surface area contributed by atoms with Gasteiger partial charge in [-0.05, 0) is 25.0 Å². The summed E-state index contributed by atoms with van der Waals surface area (Å²) in [5.41, 5.74) is 0.685. The highest BCUT2D eigenvalue weighted by Crippen LogP contribution is 2.59. The monoisotopic (exact) mass is 381 g/mol. The third-order valence-electron chi connectivity index (χ3n) is 6.74. The van der Waals surface area contributed by atoms with Crippen LogP contribution in [0.25, 0.3) is 0 Å². The fourth-order valence-electron chi connectivity index (χ4n) is 4.72. The van der Waals surface area contributed by atoms with Crippen molar-refractivity contribution in [1.29, 1.82) is 5.26 Å². The quantitative estimate of drug-likeness (QED) is 0.790. The maximum absolute atomic E-state index is 12.6. The molecule has 1 N–H and O–H groups in total. The third kappa shape index (κ3) is 1.97. The summed E-state index contributed by atoms with van der Waals surface area (Å²) in [4.78, 5) is 26.2. The van der Waals surface area contributed by atoms with Gasteiger partial charge in [0.15, 0.2) is 5.54 Å². The van der Waals surface area contributed by atoms with Gasteiger partial charge in [-0.3, -0.25) is 9.69 Å². The summed E-state index contributed by atoms with van der Waals surface area (Å²) in [6, 6.07) is 5.30. The molecule has 1 aromatic carbocycles. The molecule has 2 spiro atoms. The molecule has 3 aliphatic heterocycles. The van der Waals surface area contributed by atoms with Gasteiger partial charge in [-0.25, -0.2) is 4.79 Å². The molecule has 2 saturated heterocycles. The summed E-state index contributed by atoms with van der Waals surface area (Å²) in [5, 5.41) is 12.3. The van der Waals surface area contributed by atoms with Gasteiger partial charge in [0.1, 0.15) is 23.7 Å². The van der Waals surface area contributed by atoms with E-state index in [1.54, 1.807) is 6.07 Å². The number of rotatable bonds is 3. The number of ether oxygens (including phenoxy) is 3. The largest absolute Gasteiger partial charge is 0.492 e. The molecule has 4 fully saturated rings. The summed E-state index contributed by atoms with van der Waals surface area (Å²) in [6.45, 7) is 1.13. The Bertz CT molecular complexity index is 953. The van der Waals surface area contributed by atoms with E-state index in [9.17, 15) is 14.9 Å². The van der Waals surface area contributed by atoms with Crippen LogP contribution in [0.3, 0.4) is 0 Å². The zero-order chi connectivity index (χ0) is 19.1. The van der Waals surface area contributed by atoms with E-state index >= 15 is 0 Å². The molecule has 0 atom stereocenters. The Labute approximate surface area is 161 Å². The highest BCUT2D eigenvalue weighted by molar-refractivity contribution is 6.08. The summed E-state index contributed by atoms with van der Waals surface area (Å²) >= 11 is 0. The molecule has 0 unspecified atom stereocenters. The number of fused-ring (bicyclic) bond motifs is 2. The van der Waals surface area contributed by atoms with E-state index in [1.165, 1.54) is 4.90 Å². The van der Waals surface area contributed by atoms with Crippen LogP contribution in [0, 0.1) is 11.3 Å². The van der Waals surface area contributed by atoms with Crippen molar-refractivity contribution in [1.82, 2.24) is 10.2 Å². The minimum absolute atomic E-state index is 0.00207. The van der Waals surface area contributed by atoms with E-state index in [0.717, 1.165) is 24.2 Å². The van der Waals surface area contributed by atoms with E-state index in [0.29, 0.717) is 30.8 Å². The third-order valence-corrected chi connectivity index (χ3v) is 6.74. The Hall–Kier alpha value is -2.79. The topological polar surface area (TPSA) is 101 Å². The van der Waals surface area contributed by atoms with Crippen molar-refractivity contribution in [3.05, 3.63) is 23.3 Å². The Morgan fingerprint density at radius 2 is 2.00 bits per heavy atom. The van der Waals surface area contributed by atoms with Crippen LogP contribution in [0.15, 0.2) is 12.1 Å². The first kappa shape index (κ1) is 16.2. The van der Waals surface area contributed by atoms with Crippen LogP contribution in [0.5, 0.6) is 11.5 Å². The van der Waals surface area contributed by atoms with Gasteiger partial charge in [0.25, 0.3) is 5.91 Å². The molecule has 0 radical (unpaired) electrons. The highest BCUT2D eigenvalue weighted by Gasteiger charge is 2.59. The van der Waals surface area contributed by atoms with Crippen molar-refractivity contribution >= 4 is 11.9 Å². The molecule has 8 heteroatoms. The molecule has 5 aliphatic rings. The van der Waals surface area contributed by atoms with Gasteiger partial charge < -0.3 is 19.5 Å². The lowest BCUT2D eigenvalue weighted by Gasteiger charge is -2.41. The molecular weight excluding hydrogens is 362 g/mol. The number of carbonyl (C=O) groups is 2. The maximum atomic E-state index is 12.6. The first-order valence-electron chi connectivity index (χ1n) is 9.66. The lowest BCUT2D eigenvalue weighted by molar-refractivity contribution is -0.151. The van der Waals surface area contributed by atoms with Gasteiger partial charge in [0.2, 0.25) is 0 Å². The summed E-state index contributed by atoms with van der Waals surface area (Å²) < 4.78 is 17.2. The molecule has 1 aromatic rings. The zero-order valence-corrected chi connectivity index (χ0v) is 15.2. The van der Waals surface area contributed by atoms with Crippen molar-refractivity contribution in [2.75, 3.05) is 19.8 Å². The van der Waals surface area contributed by atoms with E-state index < -0.39 is 5.54 Å². The number of hydrogen-bond donors (Lipinski definition) is 1. The van der Waals surface area contributed by atoms with Crippen molar-refractivity contribution < 1.29 is 23.8 Å². The Balaban J connectivity index is 1.20. The molecule has 8 nitrogen and oxygen atoms in total. The molecule has 3 amide bonds. The predicted octanol–water partition coefficient (Wildman–Crippen LogP) is 1.21. The minimum atomic E-state index is -0.854. The second-order valence-corrected chi connectivity index (χ2v) is 8.54. The van der Waals surface area contributed by atoms with Gasteiger partial charge in [-0.2, -0.15) is 5.26 Å². The fraction of sp³-hybridized carbons (Fsp3) is 0.550. The maximum Gasteiger partial charge on any atom is 0.325 e. The standard InChI is InChI=1S/C20H19N3O5/c21-7-11-1-2-14-15(19(3-4-19)8-27-14)16(11)28-13-5-12(6-13)23-17(24)20(9-26-10-20)22-18(23)25/h1-2,12-13H,3-6,8-10H2,(H,22,25). The normalized spacial score (nSPS) is 30.2. The molecule has 3 heterocycles. The predicted molar refractivity (Wildman–Crippen MR) is 93.9 cm³/mol. The second-order valence-electron chi connectivity index (χ2n) is 8.54. The number of carbonyl (C=O) groups excluding carboxylic acids is 2. The number of urea groups is 1. The number of nitrogens with zero attached hydrogens (tertiary/aromatic N) is 2. The Kier molecular flexibility index (Phi) is 2.99. The average Bonchev–Trinajstić information content (AvgIpc) is 3.23. The zero-order valence-electron chi connectivity index (χ0n) is 15.2. The summed E-state index contributed by atoms with van der Waals surface area (Å²) in [6.07, 6.45) is 3.10. The number of benzene rings is 1. The van der Waals surface area contributed by atoms with Crippen molar-refractivity contribution in [3.8, 4) is 17.6 Å².